The van der Waals surface area contributed by atoms with Gasteiger partial charge in [0, 0.05) is 25.5 Å². The Hall–Kier alpha value is -2.41. The number of amides is 2. The molecule has 138 valence electrons. The summed E-state index contributed by atoms with van der Waals surface area (Å²) in [5.41, 5.74) is 0.730. The monoisotopic (exact) mass is 373 g/mol. The van der Waals surface area contributed by atoms with E-state index in [1.54, 1.807) is 16.8 Å². The lowest BCUT2D eigenvalue weighted by Crippen LogP contribution is -2.57. The van der Waals surface area contributed by atoms with Gasteiger partial charge in [-0.15, -0.1) is 11.3 Å². The van der Waals surface area contributed by atoms with Crippen molar-refractivity contribution in [2.45, 2.75) is 32.4 Å². The van der Waals surface area contributed by atoms with Crippen molar-refractivity contribution in [3.63, 3.8) is 0 Å². The van der Waals surface area contributed by atoms with Crippen molar-refractivity contribution in [3.05, 3.63) is 46.4 Å². The SMILES string of the molecule is CCC1C(=O)N(C)CCN1C(=O)Cc1csc(COc2ccccc2)n1. The Morgan fingerprint density at radius 1 is 1.31 bits per heavy atom. The topological polar surface area (TPSA) is 62.7 Å². The molecule has 0 radical (unpaired) electrons. The first-order valence-corrected chi connectivity index (χ1v) is 9.62. The van der Waals surface area contributed by atoms with Crippen LogP contribution >= 0.6 is 11.3 Å². The van der Waals surface area contributed by atoms with Gasteiger partial charge < -0.3 is 14.5 Å². The van der Waals surface area contributed by atoms with Crippen molar-refractivity contribution >= 4 is 23.2 Å². The summed E-state index contributed by atoms with van der Waals surface area (Å²) in [6, 6.07) is 9.21. The van der Waals surface area contributed by atoms with Gasteiger partial charge >= 0.3 is 0 Å². The molecule has 1 fully saturated rings. The lowest BCUT2D eigenvalue weighted by atomic mass is 10.1. The predicted molar refractivity (Wildman–Crippen MR) is 100 cm³/mol. The summed E-state index contributed by atoms with van der Waals surface area (Å²) in [4.78, 5) is 32.8. The fourth-order valence-electron chi connectivity index (χ4n) is 3.02. The molecule has 2 aromatic rings. The zero-order chi connectivity index (χ0) is 18.5. The second kappa shape index (κ2) is 8.31. The van der Waals surface area contributed by atoms with E-state index in [1.807, 2.05) is 42.6 Å². The Bertz CT molecular complexity index is 762. The van der Waals surface area contributed by atoms with Crippen molar-refractivity contribution in [2.75, 3.05) is 20.1 Å². The molecule has 1 aliphatic heterocycles. The number of carbonyl (C=O) groups excluding carboxylic acids is 2. The largest absolute Gasteiger partial charge is 0.486 e. The van der Waals surface area contributed by atoms with Gasteiger partial charge in [-0.1, -0.05) is 25.1 Å². The van der Waals surface area contributed by atoms with Crippen LogP contribution in [0.25, 0.3) is 0 Å². The second-order valence-electron chi connectivity index (χ2n) is 6.28. The van der Waals surface area contributed by atoms with E-state index in [1.165, 1.54) is 11.3 Å². The molecule has 2 heterocycles. The highest BCUT2D eigenvalue weighted by atomic mass is 32.1. The third kappa shape index (κ3) is 4.22. The third-order valence-corrected chi connectivity index (χ3v) is 5.33. The van der Waals surface area contributed by atoms with Crippen molar-refractivity contribution in [2.24, 2.45) is 0 Å². The molecule has 1 saturated heterocycles. The lowest BCUT2D eigenvalue weighted by Gasteiger charge is -2.38. The van der Waals surface area contributed by atoms with Gasteiger partial charge in [-0.25, -0.2) is 4.98 Å². The van der Waals surface area contributed by atoms with E-state index in [9.17, 15) is 9.59 Å². The standard InChI is InChI=1S/C19H23N3O3S/c1-3-16-19(24)21(2)9-10-22(16)18(23)11-14-13-26-17(20-14)12-25-15-7-5-4-6-8-15/h4-8,13,16H,3,9-12H2,1-2H3. The highest BCUT2D eigenvalue weighted by Gasteiger charge is 2.34. The van der Waals surface area contributed by atoms with E-state index < -0.39 is 0 Å². The predicted octanol–water partition coefficient (Wildman–Crippen LogP) is 2.34. The van der Waals surface area contributed by atoms with E-state index in [4.69, 9.17) is 4.74 Å². The van der Waals surface area contributed by atoms with Gasteiger partial charge in [-0.05, 0) is 18.6 Å². The quantitative estimate of drug-likeness (QED) is 0.780. The number of carbonyl (C=O) groups is 2. The molecule has 6 nitrogen and oxygen atoms in total. The molecule has 1 aromatic carbocycles. The molecule has 0 aliphatic carbocycles. The minimum absolute atomic E-state index is 0.0160. The van der Waals surface area contributed by atoms with E-state index in [0.717, 1.165) is 16.5 Å². The summed E-state index contributed by atoms with van der Waals surface area (Å²) in [6.45, 7) is 3.47. The van der Waals surface area contributed by atoms with Gasteiger partial charge in [0.15, 0.2) is 0 Å². The Balaban J connectivity index is 1.58. The number of hydrogen-bond acceptors (Lipinski definition) is 5. The number of hydrogen-bond donors (Lipinski definition) is 0. The van der Waals surface area contributed by atoms with Crippen LogP contribution in [0, 0.1) is 0 Å². The van der Waals surface area contributed by atoms with Crippen LogP contribution in [-0.4, -0.2) is 52.8 Å². The summed E-state index contributed by atoms with van der Waals surface area (Å²) in [5, 5.41) is 2.72. The number of nitrogens with zero attached hydrogens (tertiary/aromatic N) is 3. The van der Waals surface area contributed by atoms with E-state index in [-0.39, 0.29) is 24.3 Å². The molecule has 1 aliphatic rings. The Labute approximate surface area is 157 Å². The normalized spacial score (nSPS) is 17.5. The molecular weight excluding hydrogens is 350 g/mol. The summed E-state index contributed by atoms with van der Waals surface area (Å²) < 4.78 is 5.69. The molecule has 26 heavy (non-hydrogen) atoms. The zero-order valence-corrected chi connectivity index (χ0v) is 15.9. The second-order valence-corrected chi connectivity index (χ2v) is 7.22. The van der Waals surface area contributed by atoms with Crippen LogP contribution in [-0.2, 0) is 22.6 Å². The van der Waals surface area contributed by atoms with Gasteiger partial charge in [0.2, 0.25) is 11.8 Å². The van der Waals surface area contributed by atoms with Crippen LogP contribution in [0.1, 0.15) is 24.0 Å². The smallest absolute Gasteiger partial charge is 0.245 e. The minimum atomic E-state index is -0.360. The van der Waals surface area contributed by atoms with Crippen molar-refractivity contribution in [3.8, 4) is 5.75 Å². The van der Waals surface area contributed by atoms with E-state index in [0.29, 0.717) is 26.1 Å². The first kappa shape index (κ1) is 18.4. The lowest BCUT2D eigenvalue weighted by molar-refractivity contribution is -0.150. The Morgan fingerprint density at radius 3 is 2.81 bits per heavy atom. The van der Waals surface area contributed by atoms with E-state index in [2.05, 4.69) is 4.98 Å². The maximum absolute atomic E-state index is 12.7. The number of rotatable bonds is 6. The molecule has 2 amide bonds. The van der Waals surface area contributed by atoms with Crippen molar-refractivity contribution in [1.29, 1.82) is 0 Å². The van der Waals surface area contributed by atoms with Gasteiger partial charge in [-0.3, -0.25) is 9.59 Å². The zero-order valence-electron chi connectivity index (χ0n) is 15.1. The molecule has 1 atom stereocenters. The van der Waals surface area contributed by atoms with Crippen LogP contribution in [0.5, 0.6) is 5.75 Å². The van der Waals surface area contributed by atoms with Crippen molar-refractivity contribution < 1.29 is 14.3 Å². The van der Waals surface area contributed by atoms with Crippen LogP contribution in [0.2, 0.25) is 0 Å². The summed E-state index contributed by atoms with van der Waals surface area (Å²) in [6.07, 6.45) is 0.845. The van der Waals surface area contributed by atoms with Crippen LogP contribution in [0.15, 0.2) is 35.7 Å². The number of likely N-dealkylation sites (N-methyl/N-ethyl adjacent to an activating group) is 1. The summed E-state index contributed by atoms with van der Waals surface area (Å²) >= 11 is 1.48. The van der Waals surface area contributed by atoms with Gasteiger partial charge in [0.25, 0.3) is 0 Å². The molecule has 0 spiro atoms. The number of benzene rings is 1. The molecular formula is C19H23N3O3S. The van der Waals surface area contributed by atoms with Crippen LogP contribution in [0.4, 0.5) is 0 Å². The van der Waals surface area contributed by atoms with Crippen LogP contribution in [0.3, 0.4) is 0 Å². The average molecular weight is 373 g/mol. The fraction of sp³-hybridized carbons (Fsp3) is 0.421. The number of aromatic nitrogens is 1. The number of piperazine rings is 1. The molecule has 0 saturated carbocycles. The number of thiazole rings is 1. The summed E-state index contributed by atoms with van der Waals surface area (Å²) in [7, 11) is 1.78. The fourth-order valence-corrected chi connectivity index (χ4v) is 3.72. The maximum atomic E-state index is 12.7. The number of ether oxygens (including phenoxy) is 1. The molecule has 3 rings (SSSR count). The number of para-hydroxylation sites is 1. The van der Waals surface area contributed by atoms with Crippen LogP contribution < -0.4 is 4.74 Å². The van der Waals surface area contributed by atoms with Gasteiger partial charge in [0.1, 0.15) is 23.4 Å². The third-order valence-electron chi connectivity index (χ3n) is 4.46. The molecule has 7 heteroatoms. The Kier molecular flexibility index (Phi) is 5.88. The molecule has 1 unspecified atom stereocenters. The minimum Gasteiger partial charge on any atom is -0.486 e. The molecule has 0 bridgehead atoms. The Morgan fingerprint density at radius 2 is 2.08 bits per heavy atom. The summed E-state index contributed by atoms with van der Waals surface area (Å²) in [5.74, 6) is 0.767. The average Bonchev–Trinajstić information content (AvgIpc) is 3.10. The van der Waals surface area contributed by atoms with Crippen molar-refractivity contribution in [1.82, 2.24) is 14.8 Å². The maximum Gasteiger partial charge on any atom is 0.245 e. The molecule has 1 aromatic heterocycles. The first-order chi connectivity index (χ1) is 12.6. The highest BCUT2D eigenvalue weighted by molar-refractivity contribution is 7.09. The van der Waals surface area contributed by atoms with Gasteiger partial charge in [0.05, 0.1) is 12.1 Å². The first-order valence-electron chi connectivity index (χ1n) is 8.74. The van der Waals surface area contributed by atoms with Gasteiger partial charge in [-0.2, -0.15) is 0 Å². The van der Waals surface area contributed by atoms with E-state index >= 15 is 0 Å². The molecule has 0 N–H and O–H groups in total. The highest BCUT2D eigenvalue weighted by Crippen LogP contribution is 2.18.